The molecule has 0 N–H and O–H groups in total. The minimum Gasteiger partial charge on any atom is -0.468 e. The van der Waals surface area contributed by atoms with Gasteiger partial charge >= 0.3 is 0 Å². The van der Waals surface area contributed by atoms with Gasteiger partial charge in [-0.3, -0.25) is 4.90 Å². The van der Waals surface area contributed by atoms with Crippen LogP contribution in [0.5, 0.6) is 0 Å². The molecule has 15 rings (SSSR count). The summed E-state index contributed by atoms with van der Waals surface area (Å²) in [7, 11) is 0. The molecule has 2 aromatic heterocycles. The zero-order valence-electron chi connectivity index (χ0n) is 59.5. The summed E-state index contributed by atoms with van der Waals surface area (Å²) >= 11 is 0. The molecule has 11 aromatic rings. The lowest BCUT2D eigenvalue weighted by Crippen LogP contribution is -2.65. The first-order valence-electron chi connectivity index (χ1n) is 34.3. The van der Waals surface area contributed by atoms with Crippen LogP contribution in [0.2, 0.25) is 0 Å². The van der Waals surface area contributed by atoms with E-state index in [0.29, 0.717) is 0 Å². The summed E-state index contributed by atoms with van der Waals surface area (Å²) < 4.78 is 15.2. The zero-order valence-corrected chi connectivity index (χ0v) is 59.5. The molecule has 4 aliphatic rings. The molecular weight excluding hydrogens is 1140 g/mol. The molecule has 0 unspecified atom stereocenters. The van der Waals surface area contributed by atoms with Crippen LogP contribution in [-0.4, -0.2) is 13.4 Å². The number of nitrogens with zero attached hydrogens (tertiary/aromatic N) is 4. The van der Waals surface area contributed by atoms with Crippen molar-refractivity contribution in [2.75, 3.05) is 19.6 Å². The highest BCUT2D eigenvalue weighted by atomic mass is 16.4. The van der Waals surface area contributed by atoms with Crippen molar-refractivity contribution in [2.45, 2.75) is 183 Å². The summed E-state index contributed by atoms with van der Waals surface area (Å²) in [5.41, 5.74) is 29.4. The molecule has 0 radical (unpaired) electrons. The van der Waals surface area contributed by atoms with Gasteiger partial charge in [-0.25, -0.2) is 0 Å². The lowest BCUT2D eigenvalue weighted by molar-refractivity contribution is 0.589. The number of furan rings is 2. The van der Waals surface area contributed by atoms with Crippen LogP contribution in [-0.2, 0) is 37.9 Å². The van der Waals surface area contributed by atoms with E-state index in [2.05, 4.69) is 341 Å². The van der Waals surface area contributed by atoms with Gasteiger partial charge in [0.15, 0.2) is 0 Å². The first kappa shape index (κ1) is 61.6. The number of fused-ring (bicyclic) bond motifs is 12. The molecular formula is C86H92B2N4O2. The summed E-state index contributed by atoms with van der Waals surface area (Å²) in [4.78, 5) is 10.3. The number of hydrogen-bond donors (Lipinski definition) is 0. The Balaban J connectivity index is 1.11. The first-order valence-corrected chi connectivity index (χ1v) is 34.3. The van der Waals surface area contributed by atoms with Crippen LogP contribution in [0.1, 0.15) is 184 Å². The predicted octanol–water partition coefficient (Wildman–Crippen LogP) is 20.4. The van der Waals surface area contributed by atoms with E-state index < -0.39 is 0 Å². The van der Waals surface area contributed by atoms with Crippen LogP contribution in [0.3, 0.4) is 0 Å². The second kappa shape index (κ2) is 20.5. The topological polar surface area (TPSA) is 39.2 Å². The maximum atomic E-state index is 7.75. The maximum absolute atomic E-state index is 7.75. The molecule has 8 heteroatoms. The zero-order chi connectivity index (χ0) is 66.6. The van der Waals surface area contributed by atoms with Gasteiger partial charge < -0.3 is 23.5 Å². The third kappa shape index (κ3) is 9.71. The molecule has 6 nitrogen and oxygen atoms in total. The third-order valence-electron chi connectivity index (χ3n) is 20.9. The highest BCUT2D eigenvalue weighted by Crippen LogP contribution is 2.53. The number of anilines is 12. The minimum absolute atomic E-state index is 0.0261. The van der Waals surface area contributed by atoms with Crippen LogP contribution in [0.15, 0.2) is 185 Å². The lowest BCUT2D eigenvalue weighted by Gasteiger charge is -2.46. The SMILES string of the molecule is CC(C)(C)c1ccc(N2c3cc4c(cc3B3c5c2cc(C(C)(C)C)cc5N(c2ccc(C(C)(C)C)cc2)c2oc5ccccc5c23)B2c3oc5ccc(C(C)(C)C)cc5c3N(c3ccc(C(C)(C)C)cc3)c3cc(C(C)(C)C)cc(c32)N4c2ccc(C(C)(C)C)cc2)cc1. The second-order valence-electron chi connectivity index (χ2n) is 34.8. The van der Waals surface area contributed by atoms with Crippen molar-refractivity contribution in [3.8, 4) is 0 Å². The Morgan fingerprint density at radius 3 is 1.05 bits per heavy atom. The van der Waals surface area contributed by atoms with E-state index in [0.717, 1.165) is 84.7 Å². The van der Waals surface area contributed by atoms with E-state index >= 15 is 0 Å². The van der Waals surface area contributed by atoms with E-state index in [1.807, 2.05) is 0 Å². The summed E-state index contributed by atoms with van der Waals surface area (Å²) in [6, 6.07) is 68.5. The molecule has 0 atom stereocenters. The predicted molar refractivity (Wildman–Crippen MR) is 405 cm³/mol. The molecule has 0 saturated carbocycles. The molecule has 6 heterocycles. The van der Waals surface area contributed by atoms with Crippen molar-refractivity contribution < 1.29 is 8.83 Å². The Morgan fingerprint density at radius 2 is 0.617 bits per heavy atom. The Hall–Kier alpha value is -8.61. The fourth-order valence-electron chi connectivity index (χ4n) is 15.3. The third-order valence-corrected chi connectivity index (χ3v) is 20.9. The Labute approximate surface area is 560 Å². The summed E-state index contributed by atoms with van der Waals surface area (Å²) in [5.74, 6) is 0.855. The quantitative estimate of drug-likeness (QED) is 0.164. The Kier molecular flexibility index (Phi) is 13.4. The fourth-order valence-corrected chi connectivity index (χ4v) is 15.3. The molecule has 94 heavy (non-hydrogen) atoms. The number of benzene rings is 9. The van der Waals surface area contributed by atoms with E-state index in [1.54, 1.807) is 0 Å². The van der Waals surface area contributed by atoms with Gasteiger partial charge in [0.25, 0.3) is 13.4 Å². The fraction of sp³-hybridized carbons (Fsp3) is 0.326. The van der Waals surface area contributed by atoms with Crippen LogP contribution in [0.25, 0.3) is 21.9 Å². The van der Waals surface area contributed by atoms with Gasteiger partial charge in [0.2, 0.25) is 5.88 Å². The van der Waals surface area contributed by atoms with Gasteiger partial charge in [-0.05, 0) is 196 Å². The van der Waals surface area contributed by atoms with E-state index in [9.17, 15) is 0 Å². The standard InChI is InChI=1S/C86H92B2N4O2/c1-80(2,3)51-26-35-58(36-27-51)89-66-50-67-65(49-64(66)87-74-62-24-22-23-25-72(62)94-79(74)92(61-41-32-54(33-42-61)83(10,11)12)71-48-57(86(19,20)21)45-68(89)75(71)87)88-76-69(90(67)59-37-28-52(29-38-59)81(4,5)6)46-56(85(16,17)18)47-70(76)91(60-39-30-53(31-40-60)82(7,8)9)77-63-44-55(84(13,14)15)34-43-73(63)93-78(77)88/h22-50H,1-21H3. The van der Waals surface area contributed by atoms with Crippen molar-refractivity contribution in [3.05, 3.63) is 215 Å². The second-order valence-corrected chi connectivity index (χ2v) is 34.8. The molecule has 474 valence electrons. The molecule has 0 fully saturated rings. The highest BCUT2D eigenvalue weighted by molar-refractivity contribution is 7.03. The van der Waals surface area contributed by atoms with Gasteiger partial charge in [-0.2, -0.15) is 0 Å². The molecule has 4 aliphatic heterocycles. The summed E-state index contributed by atoms with van der Waals surface area (Å²) in [6.45, 7) is 48.3. The smallest absolute Gasteiger partial charge is 0.297 e. The normalized spacial score (nSPS) is 14.7. The maximum Gasteiger partial charge on any atom is 0.297 e. The largest absolute Gasteiger partial charge is 0.468 e. The first-order chi connectivity index (χ1) is 44.0. The molecule has 0 saturated heterocycles. The van der Waals surface area contributed by atoms with Gasteiger partial charge in [-0.1, -0.05) is 224 Å². The number of rotatable bonds is 4. The summed E-state index contributed by atoms with van der Waals surface area (Å²) in [5, 5.41) is 2.23. The molecule has 9 aromatic carbocycles. The van der Waals surface area contributed by atoms with Crippen molar-refractivity contribution in [1.29, 1.82) is 0 Å². The molecule has 0 aliphatic carbocycles. The average molecular weight is 1240 g/mol. The molecule has 0 spiro atoms. The van der Waals surface area contributed by atoms with Gasteiger partial charge in [0.1, 0.15) is 11.2 Å². The number of hydrogen-bond acceptors (Lipinski definition) is 6. The minimum atomic E-state index is -0.319. The molecule has 0 bridgehead atoms. The van der Waals surface area contributed by atoms with E-state index in [4.69, 9.17) is 8.83 Å². The molecule has 0 amide bonds. The Bertz CT molecular complexity index is 4880. The van der Waals surface area contributed by atoms with E-state index in [-0.39, 0.29) is 51.3 Å². The van der Waals surface area contributed by atoms with Crippen LogP contribution in [0, 0.1) is 0 Å². The van der Waals surface area contributed by atoms with Crippen molar-refractivity contribution in [1.82, 2.24) is 0 Å². The van der Waals surface area contributed by atoms with Gasteiger partial charge in [0, 0.05) is 73.1 Å². The van der Waals surface area contributed by atoms with Crippen molar-refractivity contribution in [2.24, 2.45) is 0 Å². The van der Waals surface area contributed by atoms with Crippen molar-refractivity contribution >= 4 is 137 Å². The van der Waals surface area contributed by atoms with Crippen LogP contribution >= 0.6 is 0 Å². The average Bonchev–Trinajstić information content (AvgIpc) is 1.16. The summed E-state index contributed by atoms with van der Waals surface area (Å²) in [6.07, 6.45) is 0. The number of para-hydroxylation sites is 1. The lowest BCUT2D eigenvalue weighted by atomic mass is 9.31. The monoisotopic (exact) mass is 1230 g/mol. The highest BCUT2D eigenvalue weighted by Gasteiger charge is 2.52. The van der Waals surface area contributed by atoms with Crippen molar-refractivity contribution in [3.63, 3.8) is 0 Å². The van der Waals surface area contributed by atoms with Crippen LogP contribution in [0.4, 0.5) is 68.4 Å². The van der Waals surface area contributed by atoms with Crippen LogP contribution < -0.4 is 52.6 Å². The Morgan fingerprint density at radius 1 is 0.266 bits per heavy atom. The van der Waals surface area contributed by atoms with Gasteiger partial charge in [-0.15, -0.1) is 0 Å². The van der Waals surface area contributed by atoms with E-state index in [1.165, 1.54) is 77.6 Å². The van der Waals surface area contributed by atoms with Gasteiger partial charge in [0.05, 0.1) is 11.3 Å².